The van der Waals surface area contributed by atoms with E-state index in [1.165, 1.54) is 19.3 Å². The molecule has 0 aliphatic heterocycles. The molecule has 1 heteroatoms. The maximum absolute atomic E-state index is 10.2. The van der Waals surface area contributed by atoms with Crippen LogP contribution in [0.25, 0.3) is 0 Å². The molecule has 0 atom stereocenters. The highest BCUT2D eigenvalue weighted by Crippen LogP contribution is 2.30. The van der Waals surface area contributed by atoms with Gasteiger partial charge in [0, 0.05) is 0 Å². The molecule has 1 saturated carbocycles. The largest absolute Gasteiger partial charge is 0.386 e. The molecule has 0 radical (unpaired) electrons. The third-order valence-corrected chi connectivity index (χ3v) is 2.98. The minimum absolute atomic E-state index is 0.541. The number of rotatable bonds is 1. The summed E-state index contributed by atoms with van der Waals surface area (Å²) in [6.07, 6.45) is 8.04. The van der Waals surface area contributed by atoms with E-state index < -0.39 is 5.60 Å². The second-order valence-electron chi connectivity index (χ2n) is 4.08. The molecule has 12 heavy (non-hydrogen) atoms. The van der Waals surface area contributed by atoms with Crippen molar-refractivity contribution < 1.29 is 5.11 Å². The minimum Gasteiger partial charge on any atom is -0.386 e. The Hall–Kier alpha value is -0.300. The number of hydrogen-bond acceptors (Lipinski definition) is 1. The van der Waals surface area contributed by atoms with Crippen molar-refractivity contribution in [2.24, 2.45) is 0 Å². The molecular formula is C11H20O. The molecule has 0 heterocycles. The first-order valence-electron chi connectivity index (χ1n) is 5.03. The van der Waals surface area contributed by atoms with E-state index in [2.05, 4.69) is 6.58 Å². The molecule has 0 spiro atoms. The fourth-order valence-electron chi connectivity index (χ4n) is 1.92. The van der Waals surface area contributed by atoms with Gasteiger partial charge in [-0.1, -0.05) is 38.7 Å². The zero-order valence-electron chi connectivity index (χ0n) is 8.10. The molecule has 1 fully saturated rings. The van der Waals surface area contributed by atoms with E-state index in [4.69, 9.17) is 0 Å². The second-order valence-corrected chi connectivity index (χ2v) is 4.08. The van der Waals surface area contributed by atoms with E-state index in [-0.39, 0.29) is 0 Å². The van der Waals surface area contributed by atoms with Crippen LogP contribution in [-0.4, -0.2) is 10.7 Å². The molecule has 0 unspecified atom stereocenters. The maximum Gasteiger partial charge on any atom is 0.0851 e. The molecule has 1 aliphatic carbocycles. The van der Waals surface area contributed by atoms with Crippen molar-refractivity contribution >= 4 is 0 Å². The predicted molar refractivity (Wildman–Crippen MR) is 52.1 cm³/mol. The first-order valence-corrected chi connectivity index (χ1v) is 5.03. The Balaban J connectivity index is 2.54. The van der Waals surface area contributed by atoms with Crippen LogP contribution in [0, 0.1) is 0 Å². The molecular weight excluding hydrogens is 148 g/mol. The van der Waals surface area contributed by atoms with Crippen LogP contribution >= 0.6 is 0 Å². The van der Waals surface area contributed by atoms with Crippen molar-refractivity contribution in [3.8, 4) is 0 Å². The van der Waals surface area contributed by atoms with Crippen LogP contribution < -0.4 is 0 Å². The summed E-state index contributed by atoms with van der Waals surface area (Å²) < 4.78 is 0. The summed E-state index contributed by atoms with van der Waals surface area (Å²) in [5.41, 5.74) is 0.407. The molecule has 0 aromatic heterocycles. The first kappa shape index (κ1) is 9.79. The van der Waals surface area contributed by atoms with Crippen LogP contribution in [0.1, 0.15) is 51.9 Å². The van der Waals surface area contributed by atoms with E-state index in [0.29, 0.717) is 0 Å². The first-order chi connectivity index (χ1) is 5.65. The highest BCUT2D eigenvalue weighted by molar-refractivity contribution is 5.09. The summed E-state index contributed by atoms with van der Waals surface area (Å²) in [6, 6.07) is 0. The average Bonchev–Trinajstić information content (AvgIpc) is 1.97. The van der Waals surface area contributed by atoms with Gasteiger partial charge in [-0.3, -0.25) is 0 Å². The zero-order valence-corrected chi connectivity index (χ0v) is 8.10. The van der Waals surface area contributed by atoms with Gasteiger partial charge in [0.2, 0.25) is 0 Å². The Morgan fingerprint density at radius 1 is 1.08 bits per heavy atom. The molecule has 0 bridgehead atoms. The van der Waals surface area contributed by atoms with Gasteiger partial charge < -0.3 is 5.11 Å². The molecule has 1 nitrogen and oxygen atoms in total. The zero-order chi connectivity index (χ0) is 9.03. The Morgan fingerprint density at radius 3 is 1.92 bits per heavy atom. The molecule has 0 aromatic carbocycles. The third-order valence-electron chi connectivity index (χ3n) is 2.98. The third kappa shape index (κ3) is 2.34. The van der Waals surface area contributed by atoms with Crippen LogP contribution in [0.3, 0.4) is 0 Å². The van der Waals surface area contributed by atoms with Crippen LogP contribution in [0.4, 0.5) is 0 Å². The maximum atomic E-state index is 10.2. The normalized spacial score (nSPS) is 24.2. The Bertz CT molecular complexity index is 152. The Labute approximate surface area is 75.5 Å². The van der Waals surface area contributed by atoms with Crippen LogP contribution in [-0.2, 0) is 0 Å². The Kier molecular flexibility index (Phi) is 3.33. The lowest BCUT2D eigenvalue weighted by Gasteiger charge is -2.30. The lowest BCUT2D eigenvalue weighted by molar-refractivity contribution is 0.0506. The highest BCUT2D eigenvalue weighted by atomic mass is 16.3. The standard InChI is InChI=1S/C11H20O/c1-10(2)11(12)8-6-4-3-5-7-9-11/h12H,1,3-9H2,2H3. The van der Waals surface area contributed by atoms with Crippen LogP contribution in [0.15, 0.2) is 12.2 Å². The van der Waals surface area contributed by atoms with Crippen molar-refractivity contribution in [3.63, 3.8) is 0 Å². The summed E-state index contributed by atoms with van der Waals surface area (Å²) in [7, 11) is 0. The fraction of sp³-hybridized carbons (Fsp3) is 0.818. The van der Waals surface area contributed by atoms with Crippen LogP contribution in [0.5, 0.6) is 0 Å². The van der Waals surface area contributed by atoms with Crippen LogP contribution in [0.2, 0.25) is 0 Å². The fourth-order valence-corrected chi connectivity index (χ4v) is 1.92. The minimum atomic E-state index is -0.541. The van der Waals surface area contributed by atoms with Gasteiger partial charge in [-0.25, -0.2) is 0 Å². The summed E-state index contributed by atoms with van der Waals surface area (Å²) in [4.78, 5) is 0. The summed E-state index contributed by atoms with van der Waals surface area (Å²) in [5, 5.41) is 10.2. The number of hydrogen-bond donors (Lipinski definition) is 1. The van der Waals surface area contributed by atoms with E-state index >= 15 is 0 Å². The quantitative estimate of drug-likeness (QED) is 0.597. The molecule has 1 rings (SSSR count). The summed E-state index contributed by atoms with van der Waals surface area (Å²) >= 11 is 0. The predicted octanol–water partition coefficient (Wildman–Crippen LogP) is 3.04. The van der Waals surface area contributed by atoms with Gasteiger partial charge in [0.05, 0.1) is 5.60 Å². The lowest BCUT2D eigenvalue weighted by Crippen LogP contribution is -2.30. The lowest BCUT2D eigenvalue weighted by atomic mass is 9.83. The van der Waals surface area contributed by atoms with Crippen molar-refractivity contribution in [3.05, 3.63) is 12.2 Å². The van der Waals surface area contributed by atoms with E-state index in [9.17, 15) is 5.11 Å². The average molecular weight is 168 g/mol. The van der Waals surface area contributed by atoms with Gasteiger partial charge >= 0.3 is 0 Å². The van der Waals surface area contributed by atoms with Gasteiger partial charge in [-0.15, -0.1) is 0 Å². The van der Waals surface area contributed by atoms with Gasteiger partial charge in [0.25, 0.3) is 0 Å². The molecule has 1 aliphatic rings. The molecule has 0 amide bonds. The van der Waals surface area contributed by atoms with Crippen molar-refractivity contribution in [1.82, 2.24) is 0 Å². The molecule has 1 N–H and O–H groups in total. The Morgan fingerprint density at radius 2 is 1.50 bits per heavy atom. The molecule has 0 aromatic rings. The van der Waals surface area contributed by atoms with Gasteiger partial charge in [0.15, 0.2) is 0 Å². The smallest absolute Gasteiger partial charge is 0.0851 e. The van der Waals surface area contributed by atoms with Crippen molar-refractivity contribution in [2.75, 3.05) is 0 Å². The van der Waals surface area contributed by atoms with E-state index in [1.54, 1.807) is 0 Å². The topological polar surface area (TPSA) is 20.2 Å². The summed E-state index contributed by atoms with van der Waals surface area (Å²) in [6.45, 7) is 5.82. The van der Waals surface area contributed by atoms with Gasteiger partial charge in [-0.05, 0) is 25.3 Å². The van der Waals surface area contributed by atoms with E-state index in [1.807, 2.05) is 6.92 Å². The molecule has 0 saturated heterocycles. The van der Waals surface area contributed by atoms with E-state index in [0.717, 1.165) is 31.3 Å². The van der Waals surface area contributed by atoms with Gasteiger partial charge in [0.1, 0.15) is 0 Å². The second kappa shape index (κ2) is 4.08. The monoisotopic (exact) mass is 168 g/mol. The molecule has 70 valence electrons. The van der Waals surface area contributed by atoms with Crippen molar-refractivity contribution in [1.29, 1.82) is 0 Å². The number of aliphatic hydroxyl groups is 1. The van der Waals surface area contributed by atoms with Crippen molar-refractivity contribution in [2.45, 2.75) is 57.5 Å². The SMILES string of the molecule is C=C(C)C1(O)CCCCCCC1. The highest BCUT2D eigenvalue weighted by Gasteiger charge is 2.27. The van der Waals surface area contributed by atoms with Gasteiger partial charge in [-0.2, -0.15) is 0 Å². The summed E-state index contributed by atoms with van der Waals surface area (Å²) in [5.74, 6) is 0.